The first kappa shape index (κ1) is 19.0. The lowest BCUT2D eigenvalue weighted by Gasteiger charge is -2.46. The van der Waals surface area contributed by atoms with Gasteiger partial charge in [-0.15, -0.1) is 0 Å². The van der Waals surface area contributed by atoms with Gasteiger partial charge in [0.25, 0.3) is 0 Å². The van der Waals surface area contributed by atoms with Crippen LogP contribution < -0.4 is 5.73 Å². The van der Waals surface area contributed by atoms with E-state index in [2.05, 4.69) is 0 Å². The van der Waals surface area contributed by atoms with Gasteiger partial charge in [0.1, 0.15) is 5.82 Å². The van der Waals surface area contributed by atoms with Crippen molar-refractivity contribution in [3.63, 3.8) is 0 Å². The lowest BCUT2D eigenvalue weighted by molar-refractivity contribution is -0.00307. The summed E-state index contributed by atoms with van der Waals surface area (Å²) >= 11 is 0. The first-order valence-electron chi connectivity index (χ1n) is 8.31. The molecule has 4 atom stereocenters. The number of sulfonamides is 1. The second-order valence-electron chi connectivity index (χ2n) is 6.87. The minimum Gasteiger partial charge on any atom is -0.465 e. The van der Waals surface area contributed by atoms with Crippen molar-refractivity contribution in [2.75, 3.05) is 18.8 Å². The number of carbonyl (C=O) groups is 1. The summed E-state index contributed by atoms with van der Waals surface area (Å²) in [6.45, 7) is -0.479. The molecule has 2 fully saturated rings. The largest absolute Gasteiger partial charge is 0.465 e. The topological polar surface area (TPSA) is 104 Å². The van der Waals surface area contributed by atoms with E-state index in [9.17, 15) is 22.7 Å². The highest BCUT2D eigenvalue weighted by atomic mass is 32.2. The number of hydrogen-bond donors (Lipinski definition) is 2. The maximum absolute atomic E-state index is 15.4. The van der Waals surface area contributed by atoms with Crippen LogP contribution in [-0.4, -0.2) is 65.5 Å². The van der Waals surface area contributed by atoms with E-state index >= 15 is 4.39 Å². The van der Waals surface area contributed by atoms with Crippen molar-refractivity contribution < 1.29 is 27.1 Å². The zero-order chi connectivity index (χ0) is 19.1. The van der Waals surface area contributed by atoms with Gasteiger partial charge in [0.05, 0.1) is 11.8 Å². The highest BCUT2D eigenvalue weighted by Crippen LogP contribution is 2.32. The van der Waals surface area contributed by atoms with Crippen molar-refractivity contribution in [3.05, 3.63) is 35.6 Å². The first-order chi connectivity index (χ1) is 12.1. The van der Waals surface area contributed by atoms with Crippen LogP contribution in [0.15, 0.2) is 24.3 Å². The second-order valence-corrected chi connectivity index (χ2v) is 8.91. The van der Waals surface area contributed by atoms with E-state index in [0.29, 0.717) is 12.8 Å². The standard InChI is InChI=1S/C16H21F2N3O4S/c17-12-4-1-3-11(7-12)8-16(18,19)14-10-20(15(22)23)13-5-2-6-26(24,25)21(14)9-13/h1,3-4,7,13-14H,2,5-6,8-10,19H2,(H,22,23). The van der Waals surface area contributed by atoms with E-state index in [1.165, 1.54) is 18.2 Å². The molecule has 1 amide bonds. The molecule has 1 aromatic rings. The van der Waals surface area contributed by atoms with E-state index < -0.39 is 46.2 Å². The minimum absolute atomic E-state index is 0.120. The van der Waals surface area contributed by atoms with Gasteiger partial charge < -0.3 is 10.0 Å². The fourth-order valence-corrected chi connectivity index (χ4v) is 5.53. The molecule has 0 aromatic heterocycles. The van der Waals surface area contributed by atoms with E-state index in [0.717, 1.165) is 15.3 Å². The van der Waals surface area contributed by atoms with E-state index in [1.807, 2.05) is 0 Å². The monoisotopic (exact) mass is 389 g/mol. The number of rotatable bonds is 3. The maximum Gasteiger partial charge on any atom is 0.407 e. The number of halogens is 2. The molecule has 2 aliphatic heterocycles. The van der Waals surface area contributed by atoms with Crippen LogP contribution in [0.3, 0.4) is 0 Å². The van der Waals surface area contributed by atoms with Crippen LogP contribution in [-0.2, 0) is 16.4 Å². The molecule has 2 bridgehead atoms. The first-order valence-corrected chi connectivity index (χ1v) is 9.92. The van der Waals surface area contributed by atoms with Crippen LogP contribution in [0.2, 0.25) is 0 Å². The molecule has 4 unspecified atom stereocenters. The number of carboxylic acid groups (broad SMARTS) is 1. The summed E-state index contributed by atoms with van der Waals surface area (Å²) < 4.78 is 54.9. The highest BCUT2D eigenvalue weighted by Gasteiger charge is 2.51. The Morgan fingerprint density at radius 2 is 2.12 bits per heavy atom. The Bertz CT molecular complexity index is 802. The number of hydrogen-bond acceptors (Lipinski definition) is 4. The van der Waals surface area contributed by atoms with Crippen molar-refractivity contribution in [3.8, 4) is 0 Å². The van der Waals surface area contributed by atoms with Gasteiger partial charge in [-0.2, -0.15) is 4.31 Å². The summed E-state index contributed by atoms with van der Waals surface area (Å²) in [4.78, 5) is 12.6. The molecule has 3 N–H and O–H groups in total. The summed E-state index contributed by atoms with van der Waals surface area (Å²) in [5.74, 6) is -3.29. The smallest absolute Gasteiger partial charge is 0.407 e. The Labute approximate surface area is 150 Å². The van der Waals surface area contributed by atoms with Crippen LogP contribution >= 0.6 is 0 Å². The van der Waals surface area contributed by atoms with Crippen molar-refractivity contribution in [1.82, 2.24) is 9.21 Å². The molecular formula is C16H21F2N3O4S. The van der Waals surface area contributed by atoms with E-state index in [1.54, 1.807) is 0 Å². The molecule has 7 nitrogen and oxygen atoms in total. The Morgan fingerprint density at radius 1 is 1.38 bits per heavy atom. The van der Waals surface area contributed by atoms with Gasteiger partial charge in [0, 0.05) is 25.6 Å². The van der Waals surface area contributed by atoms with Crippen molar-refractivity contribution in [1.29, 1.82) is 0 Å². The van der Waals surface area contributed by atoms with Crippen LogP contribution in [0.25, 0.3) is 0 Å². The predicted molar refractivity (Wildman–Crippen MR) is 90.2 cm³/mol. The lowest BCUT2D eigenvalue weighted by Crippen LogP contribution is -2.68. The molecule has 1 aromatic carbocycles. The zero-order valence-electron chi connectivity index (χ0n) is 14.0. The lowest BCUT2D eigenvalue weighted by atomic mass is 9.94. The third-order valence-corrected chi connectivity index (χ3v) is 6.93. The number of alkyl halides is 1. The van der Waals surface area contributed by atoms with Crippen molar-refractivity contribution >= 4 is 16.1 Å². The van der Waals surface area contributed by atoms with Gasteiger partial charge in [-0.1, -0.05) is 12.1 Å². The van der Waals surface area contributed by atoms with Crippen molar-refractivity contribution in [2.45, 2.75) is 37.1 Å². The van der Waals surface area contributed by atoms with Gasteiger partial charge in [-0.3, -0.25) is 5.73 Å². The van der Waals surface area contributed by atoms with Crippen LogP contribution in [0.4, 0.5) is 13.6 Å². The summed E-state index contributed by atoms with van der Waals surface area (Å²) in [6.07, 6.45) is -0.976. The van der Waals surface area contributed by atoms with Gasteiger partial charge in [0.15, 0.2) is 5.79 Å². The normalized spacial score (nSPS) is 30.3. The predicted octanol–water partition coefficient (Wildman–Crippen LogP) is 1.15. The van der Waals surface area contributed by atoms with Crippen LogP contribution in [0, 0.1) is 5.82 Å². The molecule has 2 saturated heterocycles. The van der Waals surface area contributed by atoms with Crippen molar-refractivity contribution in [2.24, 2.45) is 5.73 Å². The Morgan fingerprint density at radius 3 is 2.77 bits per heavy atom. The average Bonchev–Trinajstić information content (AvgIpc) is 2.64. The van der Waals surface area contributed by atoms with E-state index in [-0.39, 0.29) is 24.4 Å². The fourth-order valence-electron chi connectivity index (χ4n) is 3.74. The molecule has 144 valence electrons. The number of fused-ring (bicyclic) bond motifs is 2. The molecular weight excluding hydrogens is 368 g/mol. The Balaban J connectivity index is 1.95. The van der Waals surface area contributed by atoms with Gasteiger partial charge >= 0.3 is 6.09 Å². The third-order valence-electron chi connectivity index (χ3n) is 5.01. The number of piperazine rings is 1. The van der Waals surface area contributed by atoms with Crippen LogP contribution in [0.5, 0.6) is 0 Å². The summed E-state index contributed by atoms with van der Waals surface area (Å²) in [5.41, 5.74) is 6.10. The number of amides is 1. The summed E-state index contributed by atoms with van der Waals surface area (Å²) in [7, 11) is -3.75. The Kier molecular flexibility index (Phi) is 4.93. The quantitative estimate of drug-likeness (QED) is 0.755. The highest BCUT2D eigenvalue weighted by molar-refractivity contribution is 7.89. The fraction of sp³-hybridized carbons (Fsp3) is 0.562. The molecule has 0 saturated carbocycles. The number of nitrogens with zero attached hydrogens (tertiary/aromatic N) is 2. The molecule has 0 aliphatic carbocycles. The molecule has 3 rings (SSSR count). The van der Waals surface area contributed by atoms with E-state index in [4.69, 9.17) is 5.73 Å². The molecule has 2 aliphatic rings. The zero-order valence-corrected chi connectivity index (χ0v) is 14.8. The average molecular weight is 389 g/mol. The SMILES string of the molecule is NC(F)(Cc1cccc(F)c1)C1CN(C(=O)O)C2CCCS(=O)(=O)N1C2. The van der Waals surface area contributed by atoms with Gasteiger partial charge in [-0.25, -0.2) is 22.0 Å². The third kappa shape index (κ3) is 3.67. The maximum atomic E-state index is 15.4. The summed E-state index contributed by atoms with van der Waals surface area (Å²) in [6, 6.07) is 3.33. The molecule has 2 heterocycles. The summed E-state index contributed by atoms with van der Waals surface area (Å²) in [5, 5.41) is 9.43. The minimum atomic E-state index is -3.75. The van der Waals surface area contributed by atoms with Crippen LogP contribution in [0.1, 0.15) is 18.4 Å². The molecule has 10 heteroatoms. The molecule has 0 radical (unpaired) electrons. The number of nitrogens with two attached hydrogens (primary N) is 1. The van der Waals surface area contributed by atoms with Gasteiger partial charge in [0.2, 0.25) is 10.0 Å². The molecule has 0 spiro atoms. The Hall–Kier alpha value is -1.78. The second kappa shape index (κ2) is 6.75. The molecule has 26 heavy (non-hydrogen) atoms. The number of benzene rings is 1. The van der Waals surface area contributed by atoms with Gasteiger partial charge in [-0.05, 0) is 30.5 Å².